The van der Waals surface area contributed by atoms with Crippen LogP contribution in [0.1, 0.15) is 35.7 Å². The molecule has 2 aliphatic heterocycles. The van der Waals surface area contributed by atoms with Gasteiger partial charge in [0.25, 0.3) is 0 Å². The first-order chi connectivity index (χ1) is 11.8. The highest BCUT2D eigenvalue weighted by Crippen LogP contribution is 2.43. The molecule has 0 saturated carbocycles. The summed E-state index contributed by atoms with van der Waals surface area (Å²) >= 11 is 0. The van der Waals surface area contributed by atoms with Crippen LogP contribution in [0.15, 0.2) is 54.6 Å². The lowest BCUT2D eigenvalue weighted by atomic mass is 9.81. The van der Waals surface area contributed by atoms with Crippen molar-refractivity contribution in [1.82, 2.24) is 9.88 Å². The van der Waals surface area contributed by atoms with Gasteiger partial charge < -0.3 is 4.98 Å². The van der Waals surface area contributed by atoms with E-state index in [1.165, 1.54) is 27.7 Å². The number of nitrogens with one attached hydrogen (secondary N) is 1. The number of aromatic amines is 1. The van der Waals surface area contributed by atoms with Gasteiger partial charge in [-0.15, -0.1) is 0 Å². The highest BCUT2D eigenvalue weighted by Gasteiger charge is 2.43. The Morgan fingerprint density at radius 1 is 1.00 bits per heavy atom. The molecule has 1 aromatic heterocycles. The summed E-state index contributed by atoms with van der Waals surface area (Å²) in [5, 5.41) is 1.29. The number of hydrogen-bond acceptors (Lipinski definition) is 2. The Morgan fingerprint density at radius 2 is 1.79 bits per heavy atom. The van der Waals surface area contributed by atoms with Crippen LogP contribution in [0.3, 0.4) is 0 Å². The number of rotatable bonds is 2. The molecule has 2 atom stereocenters. The van der Waals surface area contributed by atoms with Gasteiger partial charge in [-0.3, -0.25) is 9.69 Å². The van der Waals surface area contributed by atoms with E-state index in [1.54, 1.807) is 0 Å². The van der Waals surface area contributed by atoms with Gasteiger partial charge in [0, 0.05) is 29.6 Å². The molecule has 3 nitrogen and oxygen atoms in total. The van der Waals surface area contributed by atoms with E-state index in [0.29, 0.717) is 18.2 Å². The number of ketones is 1. The molecule has 5 rings (SSSR count). The van der Waals surface area contributed by atoms with Crippen molar-refractivity contribution in [3.05, 3.63) is 71.4 Å². The Hall–Kier alpha value is -2.39. The monoisotopic (exact) mass is 316 g/mol. The number of H-pyrrole nitrogens is 1. The minimum atomic E-state index is 0.0238. The van der Waals surface area contributed by atoms with E-state index in [1.807, 2.05) is 6.07 Å². The Labute approximate surface area is 141 Å². The third-order valence-electron chi connectivity index (χ3n) is 5.62. The fourth-order valence-electron chi connectivity index (χ4n) is 4.49. The van der Waals surface area contributed by atoms with Crippen molar-refractivity contribution < 1.29 is 4.79 Å². The van der Waals surface area contributed by atoms with Gasteiger partial charge >= 0.3 is 0 Å². The van der Waals surface area contributed by atoms with Crippen molar-refractivity contribution in [2.75, 3.05) is 0 Å². The van der Waals surface area contributed by atoms with Crippen molar-refractivity contribution >= 4 is 16.7 Å². The molecule has 3 heterocycles. The van der Waals surface area contributed by atoms with Crippen LogP contribution in [0.4, 0.5) is 0 Å². The van der Waals surface area contributed by atoms with E-state index in [9.17, 15) is 4.79 Å². The molecule has 2 aliphatic rings. The second-order valence-electron chi connectivity index (χ2n) is 6.96. The summed E-state index contributed by atoms with van der Waals surface area (Å²) in [6.45, 7) is 0.844. The minimum Gasteiger partial charge on any atom is -0.357 e. The zero-order chi connectivity index (χ0) is 16.1. The molecule has 0 aliphatic carbocycles. The number of carbonyl (C=O) groups is 1. The second-order valence-corrected chi connectivity index (χ2v) is 6.96. The van der Waals surface area contributed by atoms with Gasteiger partial charge in [-0.2, -0.15) is 0 Å². The van der Waals surface area contributed by atoms with Crippen LogP contribution >= 0.6 is 0 Å². The molecule has 3 heteroatoms. The van der Waals surface area contributed by atoms with Crippen LogP contribution in [0.2, 0.25) is 0 Å². The summed E-state index contributed by atoms with van der Waals surface area (Å²) < 4.78 is 0. The molecule has 2 unspecified atom stereocenters. The third kappa shape index (κ3) is 2.05. The first-order valence-electron chi connectivity index (χ1n) is 8.73. The smallest absolute Gasteiger partial charge is 0.150 e. The van der Waals surface area contributed by atoms with Crippen molar-refractivity contribution in [1.29, 1.82) is 0 Å². The Morgan fingerprint density at radius 3 is 2.67 bits per heavy atom. The quantitative estimate of drug-likeness (QED) is 0.776. The predicted octanol–water partition coefficient (Wildman–Crippen LogP) is 4.00. The second kappa shape index (κ2) is 5.32. The van der Waals surface area contributed by atoms with E-state index in [0.717, 1.165) is 19.4 Å². The topological polar surface area (TPSA) is 36.1 Å². The van der Waals surface area contributed by atoms with Crippen LogP contribution < -0.4 is 0 Å². The van der Waals surface area contributed by atoms with E-state index in [2.05, 4.69) is 58.4 Å². The van der Waals surface area contributed by atoms with Crippen molar-refractivity contribution in [2.45, 2.75) is 37.9 Å². The molecule has 1 saturated heterocycles. The minimum absolute atomic E-state index is 0.0238. The summed E-state index contributed by atoms with van der Waals surface area (Å²) in [4.78, 5) is 18.7. The average Bonchev–Trinajstić information content (AvgIpc) is 2.98. The molecule has 3 aromatic rings. The highest BCUT2D eigenvalue weighted by atomic mass is 16.1. The molecular weight excluding hydrogens is 296 g/mol. The van der Waals surface area contributed by atoms with Gasteiger partial charge in [0.15, 0.2) is 0 Å². The van der Waals surface area contributed by atoms with E-state index >= 15 is 0 Å². The number of Topliss-reactive ketones (excluding diaryl/α,β-unsaturated/α-hetero) is 1. The Balaban J connectivity index is 1.61. The third-order valence-corrected chi connectivity index (χ3v) is 5.62. The summed E-state index contributed by atoms with van der Waals surface area (Å²) in [6.07, 6.45) is 2.46. The average molecular weight is 316 g/mol. The number of para-hydroxylation sites is 1. The van der Waals surface area contributed by atoms with Gasteiger partial charge in [-0.05, 0) is 30.0 Å². The van der Waals surface area contributed by atoms with Crippen molar-refractivity contribution in [3.63, 3.8) is 0 Å². The summed E-state index contributed by atoms with van der Waals surface area (Å²) in [7, 11) is 0. The van der Waals surface area contributed by atoms with Crippen LogP contribution in [0, 0.1) is 0 Å². The van der Waals surface area contributed by atoms with Crippen LogP contribution in [0.5, 0.6) is 0 Å². The molecular formula is C21H20N2O. The zero-order valence-electron chi connectivity index (χ0n) is 13.5. The highest BCUT2D eigenvalue weighted by molar-refractivity contribution is 5.90. The maximum atomic E-state index is 12.6. The molecule has 24 heavy (non-hydrogen) atoms. The maximum Gasteiger partial charge on any atom is 0.150 e. The van der Waals surface area contributed by atoms with Gasteiger partial charge in [0.05, 0.1) is 12.1 Å². The molecule has 0 amide bonds. The van der Waals surface area contributed by atoms with Crippen LogP contribution in [-0.2, 0) is 17.8 Å². The van der Waals surface area contributed by atoms with Gasteiger partial charge in [0.1, 0.15) is 5.78 Å². The molecule has 1 fully saturated rings. The number of fused-ring (bicyclic) bond motifs is 6. The lowest BCUT2D eigenvalue weighted by molar-refractivity contribution is -0.130. The number of nitrogens with zero attached hydrogens (tertiary/aromatic N) is 1. The van der Waals surface area contributed by atoms with Crippen molar-refractivity contribution in [2.24, 2.45) is 0 Å². The van der Waals surface area contributed by atoms with Crippen molar-refractivity contribution in [3.8, 4) is 0 Å². The maximum absolute atomic E-state index is 12.6. The molecule has 0 radical (unpaired) electrons. The van der Waals surface area contributed by atoms with Crippen LogP contribution in [0.25, 0.3) is 10.9 Å². The lowest BCUT2D eigenvalue weighted by Crippen LogP contribution is -2.51. The molecule has 2 bridgehead atoms. The Kier molecular flexibility index (Phi) is 3.10. The molecule has 0 spiro atoms. The SMILES string of the molecule is O=C1CCC2c3[nH]c4ccccc4c3CC1N2Cc1ccccc1. The largest absolute Gasteiger partial charge is 0.357 e. The first-order valence-corrected chi connectivity index (χ1v) is 8.73. The van der Waals surface area contributed by atoms with Gasteiger partial charge in [0.2, 0.25) is 0 Å². The molecule has 1 N–H and O–H groups in total. The van der Waals surface area contributed by atoms with E-state index in [4.69, 9.17) is 0 Å². The van der Waals surface area contributed by atoms with E-state index < -0.39 is 0 Å². The number of aromatic nitrogens is 1. The standard InChI is InChI=1S/C21H20N2O/c24-20-11-10-18-21-16(15-8-4-5-9-17(15)22-21)12-19(20)23(18)13-14-6-2-1-3-7-14/h1-9,18-19,22H,10-13H2. The summed E-state index contributed by atoms with van der Waals surface area (Å²) in [6, 6.07) is 19.3. The number of carbonyl (C=O) groups excluding carboxylic acids is 1. The fourth-order valence-corrected chi connectivity index (χ4v) is 4.49. The summed E-state index contributed by atoms with van der Waals surface area (Å²) in [5.41, 5.74) is 5.16. The Bertz CT molecular complexity index is 912. The number of benzene rings is 2. The number of hydrogen-bond donors (Lipinski definition) is 1. The predicted molar refractivity (Wildman–Crippen MR) is 94.8 cm³/mol. The first kappa shape index (κ1) is 14.0. The zero-order valence-corrected chi connectivity index (χ0v) is 13.5. The fraction of sp³-hybridized carbons (Fsp3) is 0.286. The molecule has 2 aromatic carbocycles. The van der Waals surface area contributed by atoms with Crippen LogP contribution in [-0.4, -0.2) is 21.7 Å². The lowest BCUT2D eigenvalue weighted by Gasteiger charge is -2.45. The van der Waals surface area contributed by atoms with Gasteiger partial charge in [-0.25, -0.2) is 0 Å². The van der Waals surface area contributed by atoms with E-state index in [-0.39, 0.29) is 6.04 Å². The number of piperidine rings is 1. The molecule has 120 valence electrons. The normalized spacial score (nSPS) is 23.4. The summed E-state index contributed by atoms with van der Waals surface area (Å²) in [5.74, 6) is 0.401. The van der Waals surface area contributed by atoms with Gasteiger partial charge in [-0.1, -0.05) is 48.5 Å².